The molecule has 4 aromatic rings. The van der Waals surface area contributed by atoms with Crippen molar-refractivity contribution in [3.8, 4) is 17.1 Å². The number of nitrogens with zero attached hydrogens (tertiary/aromatic N) is 3. The summed E-state index contributed by atoms with van der Waals surface area (Å²) in [7, 11) is 0. The lowest BCUT2D eigenvalue weighted by Gasteiger charge is -2.05. The van der Waals surface area contributed by atoms with Gasteiger partial charge in [0.15, 0.2) is 5.82 Å². The van der Waals surface area contributed by atoms with Gasteiger partial charge in [-0.3, -0.25) is 4.79 Å². The molecule has 0 aliphatic heterocycles. The largest absolute Gasteiger partial charge is 0.319 e. The van der Waals surface area contributed by atoms with E-state index in [0.717, 1.165) is 16.8 Å². The van der Waals surface area contributed by atoms with Gasteiger partial charge in [0.25, 0.3) is 5.91 Å². The molecule has 1 N–H and O–H groups in total. The molecule has 1 heterocycles. The third kappa shape index (κ3) is 3.62. The Balaban J connectivity index is 1.72. The fraction of sp³-hybridized carbons (Fsp3) is 0.0455. The van der Waals surface area contributed by atoms with Crippen LogP contribution in [0.25, 0.3) is 17.1 Å². The molecule has 0 saturated heterocycles. The van der Waals surface area contributed by atoms with Crippen LogP contribution in [0.4, 0.5) is 5.69 Å². The smallest absolute Gasteiger partial charge is 0.295 e. The molecular formula is C22H18N4O. The SMILES string of the molecule is Cc1ccc(NC(=O)c2nc(-c3ccccc3)n(-c3ccccc3)n2)cc1. The molecule has 0 radical (unpaired) electrons. The van der Waals surface area contributed by atoms with E-state index < -0.39 is 0 Å². The summed E-state index contributed by atoms with van der Waals surface area (Å²) in [5.74, 6) is 0.403. The first kappa shape index (κ1) is 16.7. The summed E-state index contributed by atoms with van der Waals surface area (Å²) < 4.78 is 1.69. The van der Waals surface area contributed by atoms with Gasteiger partial charge in [-0.15, -0.1) is 5.10 Å². The summed E-state index contributed by atoms with van der Waals surface area (Å²) in [4.78, 5) is 17.2. The Hall–Kier alpha value is -3.73. The molecule has 1 amide bonds. The first-order valence-electron chi connectivity index (χ1n) is 8.66. The molecule has 0 aliphatic rings. The van der Waals surface area contributed by atoms with E-state index in [1.54, 1.807) is 4.68 Å². The van der Waals surface area contributed by atoms with Crippen LogP contribution in [0.15, 0.2) is 84.9 Å². The second-order valence-electron chi connectivity index (χ2n) is 6.19. The van der Waals surface area contributed by atoms with Crippen molar-refractivity contribution >= 4 is 11.6 Å². The zero-order chi connectivity index (χ0) is 18.6. The average molecular weight is 354 g/mol. The number of nitrogens with one attached hydrogen (secondary N) is 1. The minimum Gasteiger partial charge on any atom is -0.319 e. The van der Waals surface area contributed by atoms with E-state index in [1.165, 1.54) is 0 Å². The number of amides is 1. The normalized spacial score (nSPS) is 10.6. The lowest BCUT2D eigenvalue weighted by Crippen LogP contribution is -2.14. The number of aryl methyl sites for hydroxylation is 1. The van der Waals surface area contributed by atoms with Crippen molar-refractivity contribution in [1.29, 1.82) is 0 Å². The van der Waals surface area contributed by atoms with Crippen LogP contribution in [-0.2, 0) is 0 Å². The van der Waals surface area contributed by atoms with Crippen molar-refractivity contribution in [3.05, 3.63) is 96.3 Å². The Morgan fingerprint density at radius 1 is 0.852 bits per heavy atom. The number of hydrogen-bond acceptors (Lipinski definition) is 3. The lowest BCUT2D eigenvalue weighted by molar-refractivity contribution is 0.101. The average Bonchev–Trinajstić information content (AvgIpc) is 3.17. The summed E-state index contributed by atoms with van der Waals surface area (Å²) in [6, 6.07) is 27.0. The van der Waals surface area contributed by atoms with Crippen molar-refractivity contribution in [2.24, 2.45) is 0 Å². The highest BCUT2D eigenvalue weighted by atomic mass is 16.2. The molecule has 0 spiro atoms. The van der Waals surface area contributed by atoms with E-state index in [9.17, 15) is 4.79 Å². The maximum Gasteiger partial charge on any atom is 0.295 e. The molecule has 132 valence electrons. The maximum atomic E-state index is 12.7. The zero-order valence-electron chi connectivity index (χ0n) is 14.8. The van der Waals surface area contributed by atoms with Crippen LogP contribution in [0, 0.1) is 6.92 Å². The fourth-order valence-corrected chi connectivity index (χ4v) is 2.76. The molecule has 3 aromatic carbocycles. The molecule has 5 heteroatoms. The molecule has 0 fully saturated rings. The van der Waals surface area contributed by atoms with Crippen molar-refractivity contribution in [1.82, 2.24) is 14.8 Å². The van der Waals surface area contributed by atoms with Gasteiger partial charge in [-0.25, -0.2) is 9.67 Å². The molecule has 0 bridgehead atoms. The Morgan fingerprint density at radius 2 is 1.48 bits per heavy atom. The quantitative estimate of drug-likeness (QED) is 0.587. The van der Waals surface area contributed by atoms with Crippen molar-refractivity contribution in [2.45, 2.75) is 6.92 Å². The van der Waals surface area contributed by atoms with Gasteiger partial charge < -0.3 is 5.32 Å². The van der Waals surface area contributed by atoms with Gasteiger partial charge in [0.2, 0.25) is 5.82 Å². The van der Waals surface area contributed by atoms with Crippen LogP contribution in [0.3, 0.4) is 0 Å². The van der Waals surface area contributed by atoms with Crippen molar-refractivity contribution in [2.75, 3.05) is 5.32 Å². The molecule has 0 unspecified atom stereocenters. The highest BCUT2D eigenvalue weighted by Crippen LogP contribution is 2.21. The highest BCUT2D eigenvalue weighted by Gasteiger charge is 2.18. The number of hydrogen-bond donors (Lipinski definition) is 1. The molecule has 0 aliphatic carbocycles. The number of carbonyl (C=O) groups excluding carboxylic acids is 1. The molecule has 0 atom stereocenters. The van der Waals surface area contributed by atoms with Crippen LogP contribution in [0.1, 0.15) is 16.2 Å². The van der Waals surface area contributed by atoms with Gasteiger partial charge in [-0.1, -0.05) is 66.2 Å². The van der Waals surface area contributed by atoms with E-state index in [4.69, 9.17) is 0 Å². The first-order valence-corrected chi connectivity index (χ1v) is 8.66. The van der Waals surface area contributed by atoms with E-state index in [1.807, 2.05) is 91.9 Å². The Labute approximate surface area is 157 Å². The minimum atomic E-state index is -0.342. The Morgan fingerprint density at radius 3 is 2.15 bits per heavy atom. The second-order valence-corrected chi connectivity index (χ2v) is 6.19. The predicted octanol–water partition coefficient (Wildman–Crippen LogP) is 4.50. The molecule has 0 saturated carbocycles. The summed E-state index contributed by atoms with van der Waals surface area (Å²) in [6.07, 6.45) is 0. The third-order valence-electron chi connectivity index (χ3n) is 4.15. The number of carbonyl (C=O) groups is 1. The molecule has 5 nitrogen and oxygen atoms in total. The monoisotopic (exact) mass is 354 g/mol. The van der Waals surface area contributed by atoms with Crippen LogP contribution >= 0.6 is 0 Å². The molecule has 1 aromatic heterocycles. The molecule has 4 rings (SSSR count). The number of anilines is 1. The van der Waals surface area contributed by atoms with Gasteiger partial charge in [0.1, 0.15) is 0 Å². The fourth-order valence-electron chi connectivity index (χ4n) is 2.76. The van der Waals surface area contributed by atoms with E-state index in [0.29, 0.717) is 11.5 Å². The van der Waals surface area contributed by atoms with Crippen LogP contribution in [0.2, 0.25) is 0 Å². The number of benzene rings is 3. The summed E-state index contributed by atoms with van der Waals surface area (Å²) in [5.41, 5.74) is 3.58. The predicted molar refractivity (Wildman–Crippen MR) is 106 cm³/mol. The standard InChI is InChI=1S/C22H18N4O/c1-16-12-14-18(15-13-16)23-22(27)20-24-21(17-8-4-2-5-9-17)26(25-20)19-10-6-3-7-11-19/h2-15H,1H3,(H,23,27). The minimum absolute atomic E-state index is 0.123. The maximum absolute atomic E-state index is 12.7. The summed E-state index contributed by atoms with van der Waals surface area (Å²) >= 11 is 0. The van der Waals surface area contributed by atoms with Crippen LogP contribution < -0.4 is 5.32 Å². The topological polar surface area (TPSA) is 59.8 Å². The highest BCUT2D eigenvalue weighted by molar-refractivity contribution is 6.01. The zero-order valence-corrected chi connectivity index (χ0v) is 14.8. The van der Waals surface area contributed by atoms with Gasteiger partial charge in [0.05, 0.1) is 5.69 Å². The molecule has 27 heavy (non-hydrogen) atoms. The van der Waals surface area contributed by atoms with Gasteiger partial charge in [-0.05, 0) is 31.2 Å². The van der Waals surface area contributed by atoms with Gasteiger partial charge in [-0.2, -0.15) is 0 Å². The van der Waals surface area contributed by atoms with Crippen molar-refractivity contribution < 1.29 is 4.79 Å². The van der Waals surface area contributed by atoms with E-state index in [-0.39, 0.29) is 11.7 Å². The third-order valence-corrected chi connectivity index (χ3v) is 4.15. The first-order chi connectivity index (χ1) is 13.2. The van der Waals surface area contributed by atoms with Gasteiger partial charge >= 0.3 is 0 Å². The summed E-state index contributed by atoms with van der Waals surface area (Å²) in [5, 5.41) is 7.32. The second kappa shape index (κ2) is 7.25. The molecular weight excluding hydrogens is 336 g/mol. The van der Waals surface area contributed by atoms with E-state index in [2.05, 4.69) is 15.4 Å². The number of para-hydroxylation sites is 1. The van der Waals surface area contributed by atoms with Gasteiger partial charge in [0, 0.05) is 11.3 Å². The van der Waals surface area contributed by atoms with E-state index >= 15 is 0 Å². The lowest BCUT2D eigenvalue weighted by atomic mass is 10.2. The van der Waals surface area contributed by atoms with Crippen molar-refractivity contribution in [3.63, 3.8) is 0 Å². The summed E-state index contributed by atoms with van der Waals surface area (Å²) in [6.45, 7) is 2.00. The Kier molecular flexibility index (Phi) is 4.49. The van der Waals surface area contributed by atoms with Crippen LogP contribution in [0.5, 0.6) is 0 Å². The number of rotatable bonds is 4. The Bertz CT molecular complexity index is 998. The number of aromatic nitrogens is 3. The van der Waals surface area contributed by atoms with Crippen LogP contribution in [-0.4, -0.2) is 20.7 Å².